The lowest BCUT2D eigenvalue weighted by molar-refractivity contribution is -0.0387. The van der Waals surface area contributed by atoms with Gasteiger partial charge in [0, 0.05) is 26.7 Å². The summed E-state index contributed by atoms with van der Waals surface area (Å²) in [6, 6.07) is 0. The minimum Gasteiger partial charge on any atom is -0.392 e. The van der Waals surface area contributed by atoms with Crippen LogP contribution in [0.2, 0.25) is 0 Å². The first-order valence-corrected chi connectivity index (χ1v) is 5.80. The molecule has 0 aromatic rings. The molecule has 0 amide bonds. The predicted molar refractivity (Wildman–Crippen MR) is 60.4 cm³/mol. The third kappa shape index (κ3) is 5.23. The molecule has 1 rings (SSSR count). The van der Waals surface area contributed by atoms with Gasteiger partial charge in [-0.3, -0.25) is 4.90 Å². The van der Waals surface area contributed by atoms with E-state index in [0.717, 1.165) is 13.0 Å². The second-order valence-corrected chi connectivity index (χ2v) is 4.46. The van der Waals surface area contributed by atoms with Crippen molar-refractivity contribution >= 4 is 0 Å². The Hall–Kier alpha value is -0.200. The Morgan fingerprint density at radius 1 is 1.44 bits per heavy atom. The fraction of sp³-hybridized carbons (Fsp3) is 1.00. The summed E-state index contributed by atoms with van der Waals surface area (Å²) in [4.78, 5) is 2.06. The van der Waals surface area contributed by atoms with Gasteiger partial charge in [-0.2, -0.15) is 0 Å². The van der Waals surface area contributed by atoms with Crippen molar-refractivity contribution in [3.63, 3.8) is 0 Å². The molecule has 0 aromatic carbocycles. The molecule has 1 heterocycles. The van der Waals surface area contributed by atoms with Crippen molar-refractivity contribution in [3.05, 3.63) is 0 Å². The van der Waals surface area contributed by atoms with E-state index >= 15 is 0 Å². The number of rotatable bonds is 7. The third-order valence-corrected chi connectivity index (χ3v) is 2.69. The van der Waals surface area contributed by atoms with Crippen molar-refractivity contribution in [1.82, 2.24) is 4.90 Å². The van der Waals surface area contributed by atoms with Gasteiger partial charge in [0.05, 0.1) is 31.5 Å². The average molecular weight is 233 g/mol. The maximum atomic E-state index is 9.72. The molecule has 2 N–H and O–H groups in total. The van der Waals surface area contributed by atoms with Gasteiger partial charge in [-0.25, -0.2) is 0 Å². The average Bonchev–Trinajstić information content (AvgIpc) is 2.61. The second-order valence-electron chi connectivity index (χ2n) is 4.46. The van der Waals surface area contributed by atoms with E-state index in [0.29, 0.717) is 26.3 Å². The summed E-state index contributed by atoms with van der Waals surface area (Å²) in [7, 11) is 1.63. The molecule has 0 aromatic heterocycles. The molecule has 2 unspecified atom stereocenters. The second kappa shape index (κ2) is 7.19. The quantitative estimate of drug-likeness (QED) is 0.619. The number of aliphatic hydroxyl groups excluding tert-OH is 2. The molecule has 1 saturated heterocycles. The Morgan fingerprint density at radius 3 is 2.75 bits per heavy atom. The predicted octanol–water partition coefficient (Wildman–Crippen LogP) is -0.535. The number of β-amino-alcohol motifs (C(OH)–C–C–N with tert-alkyl or cyclic N) is 2. The lowest BCUT2D eigenvalue weighted by atomic mass is 10.3. The van der Waals surface area contributed by atoms with Crippen LogP contribution >= 0.6 is 0 Å². The van der Waals surface area contributed by atoms with Gasteiger partial charge in [-0.1, -0.05) is 0 Å². The largest absolute Gasteiger partial charge is 0.392 e. The Morgan fingerprint density at radius 2 is 2.19 bits per heavy atom. The molecule has 1 fully saturated rings. The zero-order chi connectivity index (χ0) is 12.0. The van der Waals surface area contributed by atoms with E-state index in [9.17, 15) is 10.2 Å². The molecule has 1 aliphatic rings. The van der Waals surface area contributed by atoms with E-state index in [1.54, 1.807) is 7.11 Å². The van der Waals surface area contributed by atoms with Crippen LogP contribution in [0.3, 0.4) is 0 Å². The van der Waals surface area contributed by atoms with Crippen LogP contribution in [-0.2, 0) is 9.47 Å². The highest BCUT2D eigenvalue weighted by Crippen LogP contribution is 2.09. The summed E-state index contributed by atoms with van der Waals surface area (Å²) >= 11 is 0. The molecule has 0 saturated carbocycles. The van der Waals surface area contributed by atoms with Crippen LogP contribution in [0.25, 0.3) is 0 Å². The molecule has 0 bridgehead atoms. The molecule has 0 aliphatic carbocycles. The van der Waals surface area contributed by atoms with Crippen LogP contribution in [-0.4, -0.2) is 73.4 Å². The molecule has 3 atom stereocenters. The summed E-state index contributed by atoms with van der Waals surface area (Å²) in [5, 5.41) is 19.1. The van der Waals surface area contributed by atoms with Crippen LogP contribution in [0, 0.1) is 0 Å². The lowest BCUT2D eigenvalue weighted by Crippen LogP contribution is -2.35. The van der Waals surface area contributed by atoms with E-state index < -0.39 is 6.10 Å². The van der Waals surface area contributed by atoms with Gasteiger partial charge in [0.15, 0.2) is 0 Å². The zero-order valence-corrected chi connectivity index (χ0v) is 10.1. The fourth-order valence-corrected chi connectivity index (χ4v) is 1.89. The van der Waals surface area contributed by atoms with Crippen LogP contribution in [0.5, 0.6) is 0 Å². The number of nitrogens with zero attached hydrogens (tertiary/aromatic N) is 1. The van der Waals surface area contributed by atoms with E-state index in [-0.39, 0.29) is 12.2 Å². The summed E-state index contributed by atoms with van der Waals surface area (Å²) in [5.41, 5.74) is 0. The third-order valence-electron chi connectivity index (χ3n) is 2.69. The van der Waals surface area contributed by atoms with E-state index in [4.69, 9.17) is 9.47 Å². The molecule has 16 heavy (non-hydrogen) atoms. The van der Waals surface area contributed by atoms with Crippen LogP contribution in [0.1, 0.15) is 13.3 Å². The Labute approximate surface area is 97.0 Å². The number of ether oxygens (including phenoxy) is 2. The summed E-state index contributed by atoms with van der Waals surface area (Å²) < 4.78 is 10.4. The maximum absolute atomic E-state index is 9.72. The highest BCUT2D eigenvalue weighted by atomic mass is 16.5. The van der Waals surface area contributed by atoms with Crippen LogP contribution in [0.15, 0.2) is 0 Å². The first-order chi connectivity index (χ1) is 7.61. The molecule has 1 aliphatic heterocycles. The number of methoxy groups -OCH3 is 1. The molecule has 0 spiro atoms. The fourth-order valence-electron chi connectivity index (χ4n) is 1.89. The van der Waals surface area contributed by atoms with E-state index in [1.165, 1.54) is 0 Å². The number of hydrogen-bond donors (Lipinski definition) is 2. The van der Waals surface area contributed by atoms with Crippen molar-refractivity contribution in [1.29, 1.82) is 0 Å². The number of aliphatic hydroxyl groups is 2. The normalized spacial score (nSPS) is 25.9. The topological polar surface area (TPSA) is 62.2 Å². The first kappa shape index (κ1) is 13.9. The molecule has 5 nitrogen and oxygen atoms in total. The summed E-state index contributed by atoms with van der Waals surface area (Å²) in [6.45, 7) is 4.84. The van der Waals surface area contributed by atoms with Crippen molar-refractivity contribution in [2.24, 2.45) is 0 Å². The van der Waals surface area contributed by atoms with E-state index in [1.807, 2.05) is 6.92 Å². The van der Waals surface area contributed by atoms with Crippen molar-refractivity contribution in [2.45, 2.75) is 31.7 Å². The van der Waals surface area contributed by atoms with Crippen molar-refractivity contribution in [2.75, 3.05) is 40.0 Å². The first-order valence-electron chi connectivity index (χ1n) is 5.80. The van der Waals surface area contributed by atoms with E-state index in [2.05, 4.69) is 4.90 Å². The molecular formula is C11H23NO4. The van der Waals surface area contributed by atoms with Crippen LogP contribution < -0.4 is 0 Å². The van der Waals surface area contributed by atoms with Crippen molar-refractivity contribution in [3.8, 4) is 0 Å². The van der Waals surface area contributed by atoms with Gasteiger partial charge in [0.1, 0.15) is 0 Å². The Kier molecular flexibility index (Phi) is 6.23. The molecular weight excluding hydrogens is 210 g/mol. The monoisotopic (exact) mass is 233 g/mol. The van der Waals surface area contributed by atoms with Gasteiger partial charge < -0.3 is 19.7 Å². The van der Waals surface area contributed by atoms with Crippen LogP contribution in [0.4, 0.5) is 0 Å². The van der Waals surface area contributed by atoms with Crippen molar-refractivity contribution < 1.29 is 19.7 Å². The highest BCUT2D eigenvalue weighted by molar-refractivity contribution is 4.76. The zero-order valence-electron chi connectivity index (χ0n) is 10.1. The molecule has 0 radical (unpaired) electrons. The summed E-state index contributed by atoms with van der Waals surface area (Å²) in [6.07, 6.45) is 0.0714. The smallest absolute Gasteiger partial charge is 0.0900 e. The van der Waals surface area contributed by atoms with Gasteiger partial charge in [0.2, 0.25) is 0 Å². The summed E-state index contributed by atoms with van der Waals surface area (Å²) in [5.74, 6) is 0. The van der Waals surface area contributed by atoms with Gasteiger partial charge in [-0.15, -0.1) is 0 Å². The van der Waals surface area contributed by atoms with Gasteiger partial charge in [0.25, 0.3) is 0 Å². The van der Waals surface area contributed by atoms with Gasteiger partial charge in [-0.05, 0) is 13.3 Å². The highest BCUT2D eigenvalue weighted by Gasteiger charge is 2.22. The Balaban J connectivity index is 2.08. The molecule has 96 valence electrons. The Bertz CT molecular complexity index is 191. The maximum Gasteiger partial charge on any atom is 0.0900 e. The minimum atomic E-state index is -0.496. The molecule has 5 heteroatoms. The lowest BCUT2D eigenvalue weighted by Gasteiger charge is -2.21. The number of likely N-dealkylation sites (tertiary alicyclic amines) is 1. The minimum absolute atomic E-state index is 0.00354. The standard InChI is InChI=1S/C11H23NO4/c1-9(7-15-2)16-8-11(14)6-12-4-3-10(13)5-12/h9-11,13-14H,3-8H2,1-2H3/t9?,10-,11?/m0/s1. The van der Waals surface area contributed by atoms with Gasteiger partial charge >= 0.3 is 0 Å². The SMILES string of the molecule is COCC(C)OCC(O)CN1CC[C@H](O)C1. The number of hydrogen-bond acceptors (Lipinski definition) is 5.